The van der Waals surface area contributed by atoms with E-state index in [0.717, 1.165) is 11.3 Å². The quantitative estimate of drug-likeness (QED) is 0.638. The topological polar surface area (TPSA) is 53.4 Å². The lowest BCUT2D eigenvalue weighted by molar-refractivity contribution is 0.468. The van der Waals surface area contributed by atoms with E-state index >= 15 is 0 Å². The largest absolute Gasteiger partial charge is 0.507 e. The molecule has 3 nitrogen and oxygen atoms in total. The minimum Gasteiger partial charge on any atom is -0.507 e. The predicted octanol–water partition coefficient (Wildman–Crippen LogP) is 3.31. The zero-order valence-corrected chi connectivity index (χ0v) is 9.54. The Bertz CT molecular complexity index is 708. The standard InChI is InChI=1S/C15H11NO2/c17-13-8-9-14(18)15-11(13)6-7-12(16-15)10-4-2-1-3-5-10/h1-9,17-18H. The number of hydrogen-bond donors (Lipinski definition) is 2. The maximum atomic E-state index is 9.79. The number of pyridine rings is 1. The Labute approximate surface area is 104 Å². The van der Waals surface area contributed by atoms with Crippen molar-refractivity contribution >= 4 is 10.9 Å². The van der Waals surface area contributed by atoms with Gasteiger partial charge < -0.3 is 10.2 Å². The number of fused-ring (bicyclic) bond motifs is 1. The third-order valence-corrected chi connectivity index (χ3v) is 2.88. The number of rotatable bonds is 1. The van der Waals surface area contributed by atoms with E-state index in [2.05, 4.69) is 4.98 Å². The van der Waals surface area contributed by atoms with Gasteiger partial charge in [0.05, 0.1) is 5.69 Å². The lowest BCUT2D eigenvalue weighted by Gasteiger charge is -2.06. The minimum absolute atomic E-state index is 0.0700. The molecule has 0 amide bonds. The van der Waals surface area contributed by atoms with Gasteiger partial charge in [0, 0.05) is 10.9 Å². The molecule has 0 radical (unpaired) electrons. The summed E-state index contributed by atoms with van der Waals surface area (Å²) in [5.74, 6) is 0.190. The molecule has 0 aliphatic rings. The highest BCUT2D eigenvalue weighted by Gasteiger charge is 2.07. The van der Waals surface area contributed by atoms with Crippen LogP contribution in [0.25, 0.3) is 22.2 Å². The van der Waals surface area contributed by atoms with Gasteiger partial charge in [-0.15, -0.1) is 0 Å². The molecule has 3 rings (SSSR count). The molecule has 2 N–H and O–H groups in total. The second-order valence-electron chi connectivity index (χ2n) is 4.06. The first-order valence-electron chi connectivity index (χ1n) is 5.63. The van der Waals surface area contributed by atoms with Gasteiger partial charge in [0.2, 0.25) is 0 Å². The second kappa shape index (κ2) is 4.04. The normalized spacial score (nSPS) is 10.7. The first-order valence-corrected chi connectivity index (χ1v) is 5.63. The van der Waals surface area contributed by atoms with Crippen LogP contribution in [0.2, 0.25) is 0 Å². The predicted molar refractivity (Wildman–Crippen MR) is 70.5 cm³/mol. The van der Waals surface area contributed by atoms with Crippen LogP contribution in [-0.2, 0) is 0 Å². The zero-order valence-electron chi connectivity index (χ0n) is 9.54. The van der Waals surface area contributed by atoms with Crippen molar-refractivity contribution in [3.8, 4) is 22.8 Å². The molecule has 18 heavy (non-hydrogen) atoms. The van der Waals surface area contributed by atoms with Gasteiger partial charge in [-0.2, -0.15) is 0 Å². The molecule has 3 heteroatoms. The van der Waals surface area contributed by atoms with Gasteiger partial charge in [-0.1, -0.05) is 30.3 Å². The molecule has 0 atom stereocenters. The summed E-state index contributed by atoms with van der Waals surface area (Å²) in [6.45, 7) is 0. The van der Waals surface area contributed by atoms with Crippen LogP contribution in [0.5, 0.6) is 11.5 Å². The molecule has 0 aliphatic carbocycles. The number of nitrogens with zero attached hydrogens (tertiary/aromatic N) is 1. The van der Waals surface area contributed by atoms with Crippen LogP contribution in [0.1, 0.15) is 0 Å². The molecule has 0 aliphatic heterocycles. The molecule has 2 aromatic carbocycles. The van der Waals surface area contributed by atoms with Crippen molar-refractivity contribution in [2.75, 3.05) is 0 Å². The van der Waals surface area contributed by atoms with Gasteiger partial charge in [-0.3, -0.25) is 0 Å². The molecule has 0 fully saturated rings. The van der Waals surface area contributed by atoms with Gasteiger partial charge in [0.25, 0.3) is 0 Å². The van der Waals surface area contributed by atoms with E-state index in [-0.39, 0.29) is 11.5 Å². The molecule has 1 aromatic heterocycles. The first kappa shape index (κ1) is 10.6. The summed E-state index contributed by atoms with van der Waals surface area (Å²) >= 11 is 0. The smallest absolute Gasteiger partial charge is 0.142 e. The molecule has 0 bridgehead atoms. The lowest BCUT2D eigenvalue weighted by Crippen LogP contribution is -1.86. The summed E-state index contributed by atoms with van der Waals surface area (Å²) < 4.78 is 0. The van der Waals surface area contributed by atoms with Gasteiger partial charge in [0.15, 0.2) is 0 Å². The molecule has 3 aromatic rings. The Morgan fingerprint density at radius 1 is 0.722 bits per heavy atom. The fraction of sp³-hybridized carbons (Fsp3) is 0. The maximum absolute atomic E-state index is 9.79. The van der Waals surface area contributed by atoms with Crippen LogP contribution in [-0.4, -0.2) is 15.2 Å². The van der Waals surface area contributed by atoms with Crippen molar-refractivity contribution in [3.63, 3.8) is 0 Å². The van der Waals surface area contributed by atoms with E-state index in [4.69, 9.17) is 0 Å². The molecule has 0 spiro atoms. The number of phenols is 2. The third-order valence-electron chi connectivity index (χ3n) is 2.88. The molecular formula is C15H11NO2. The van der Waals surface area contributed by atoms with Gasteiger partial charge in [-0.05, 0) is 24.3 Å². The Hall–Kier alpha value is -2.55. The van der Waals surface area contributed by atoms with Crippen molar-refractivity contribution in [2.45, 2.75) is 0 Å². The Morgan fingerprint density at radius 2 is 1.44 bits per heavy atom. The lowest BCUT2D eigenvalue weighted by atomic mass is 10.1. The van der Waals surface area contributed by atoms with E-state index in [1.54, 1.807) is 6.07 Å². The van der Waals surface area contributed by atoms with Crippen molar-refractivity contribution in [2.24, 2.45) is 0 Å². The van der Waals surface area contributed by atoms with Crippen LogP contribution in [0, 0.1) is 0 Å². The summed E-state index contributed by atoms with van der Waals surface area (Å²) in [5.41, 5.74) is 2.16. The fourth-order valence-corrected chi connectivity index (χ4v) is 1.96. The maximum Gasteiger partial charge on any atom is 0.142 e. The highest BCUT2D eigenvalue weighted by atomic mass is 16.3. The van der Waals surface area contributed by atoms with Gasteiger partial charge in [0.1, 0.15) is 17.0 Å². The summed E-state index contributed by atoms with van der Waals surface area (Å²) in [6, 6.07) is 16.2. The molecule has 0 saturated carbocycles. The SMILES string of the molecule is Oc1ccc(O)c2nc(-c3ccccc3)ccc12. The summed E-state index contributed by atoms with van der Waals surface area (Å²) in [4.78, 5) is 4.40. The monoisotopic (exact) mass is 237 g/mol. The Balaban J connectivity index is 2.26. The Kier molecular flexibility index (Phi) is 2.38. The van der Waals surface area contributed by atoms with Crippen molar-refractivity contribution in [1.29, 1.82) is 0 Å². The van der Waals surface area contributed by atoms with Crippen LogP contribution in [0.3, 0.4) is 0 Å². The van der Waals surface area contributed by atoms with E-state index in [9.17, 15) is 10.2 Å². The molecule has 1 heterocycles. The third kappa shape index (κ3) is 1.66. The minimum atomic E-state index is 0.0700. The fourth-order valence-electron chi connectivity index (χ4n) is 1.96. The zero-order chi connectivity index (χ0) is 12.5. The van der Waals surface area contributed by atoms with Gasteiger partial charge in [-0.25, -0.2) is 4.98 Å². The number of aromatic nitrogens is 1. The summed E-state index contributed by atoms with van der Waals surface area (Å²) in [7, 11) is 0. The van der Waals surface area contributed by atoms with E-state index in [0.29, 0.717) is 10.9 Å². The highest BCUT2D eigenvalue weighted by molar-refractivity contribution is 5.91. The van der Waals surface area contributed by atoms with Gasteiger partial charge >= 0.3 is 0 Å². The van der Waals surface area contributed by atoms with Crippen molar-refractivity contribution in [1.82, 2.24) is 4.98 Å². The Morgan fingerprint density at radius 3 is 2.22 bits per heavy atom. The number of phenolic OH excluding ortho intramolecular Hbond substituents is 2. The van der Waals surface area contributed by atoms with Crippen molar-refractivity contribution in [3.05, 3.63) is 54.6 Å². The van der Waals surface area contributed by atoms with Crippen LogP contribution >= 0.6 is 0 Å². The van der Waals surface area contributed by atoms with Crippen LogP contribution in [0.15, 0.2) is 54.6 Å². The van der Waals surface area contributed by atoms with E-state index in [1.165, 1.54) is 12.1 Å². The van der Waals surface area contributed by atoms with Crippen molar-refractivity contribution < 1.29 is 10.2 Å². The molecule has 0 unspecified atom stereocenters. The van der Waals surface area contributed by atoms with E-state index in [1.807, 2.05) is 36.4 Å². The number of aromatic hydroxyl groups is 2. The summed E-state index contributed by atoms with van der Waals surface area (Å²) in [5, 5.41) is 20.1. The molecular weight excluding hydrogens is 226 g/mol. The first-order chi connectivity index (χ1) is 8.75. The van der Waals surface area contributed by atoms with Crippen LogP contribution in [0.4, 0.5) is 0 Å². The van der Waals surface area contributed by atoms with Crippen LogP contribution < -0.4 is 0 Å². The molecule has 0 saturated heterocycles. The average molecular weight is 237 g/mol. The van der Waals surface area contributed by atoms with E-state index < -0.39 is 0 Å². The number of benzene rings is 2. The summed E-state index contributed by atoms with van der Waals surface area (Å²) in [6.07, 6.45) is 0. The highest BCUT2D eigenvalue weighted by Crippen LogP contribution is 2.32. The average Bonchev–Trinajstić information content (AvgIpc) is 2.44. The number of hydrogen-bond acceptors (Lipinski definition) is 3. The molecule has 88 valence electrons. The second-order valence-corrected chi connectivity index (χ2v) is 4.06.